The monoisotopic (exact) mass is 238 g/mol. The summed E-state index contributed by atoms with van der Waals surface area (Å²) < 4.78 is 0. The molecule has 2 aliphatic rings. The highest BCUT2D eigenvalue weighted by molar-refractivity contribution is 5.82. The Hall–Kier alpha value is -0.570. The van der Waals surface area contributed by atoms with Crippen molar-refractivity contribution < 1.29 is 4.79 Å². The van der Waals surface area contributed by atoms with Gasteiger partial charge in [0.2, 0.25) is 5.91 Å². The zero-order chi connectivity index (χ0) is 12.5. The van der Waals surface area contributed by atoms with Gasteiger partial charge in [0.25, 0.3) is 0 Å². The van der Waals surface area contributed by atoms with Crippen molar-refractivity contribution in [3.05, 3.63) is 0 Å². The van der Waals surface area contributed by atoms with Gasteiger partial charge < -0.3 is 10.6 Å². The quantitative estimate of drug-likeness (QED) is 0.737. The predicted molar refractivity (Wildman–Crippen MR) is 69.5 cm³/mol. The molecule has 98 valence electrons. The van der Waals surface area contributed by atoms with E-state index in [1.807, 2.05) is 6.92 Å². The minimum atomic E-state index is -0.343. The van der Waals surface area contributed by atoms with Gasteiger partial charge in [0, 0.05) is 19.6 Å². The Balaban J connectivity index is 1.98. The van der Waals surface area contributed by atoms with E-state index in [4.69, 9.17) is 5.73 Å². The second-order valence-electron chi connectivity index (χ2n) is 6.22. The topological polar surface area (TPSA) is 46.3 Å². The van der Waals surface area contributed by atoms with Gasteiger partial charge in [-0.15, -0.1) is 0 Å². The van der Waals surface area contributed by atoms with Crippen molar-refractivity contribution in [1.82, 2.24) is 4.90 Å². The predicted octanol–water partition coefficient (Wildman–Crippen LogP) is 2.01. The summed E-state index contributed by atoms with van der Waals surface area (Å²) in [5.41, 5.74) is 5.46. The first kappa shape index (κ1) is 12.9. The maximum absolute atomic E-state index is 12.6. The molecule has 2 fully saturated rings. The summed E-state index contributed by atoms with van der Waals surface area (Å²) in [5, 5.41) is 0. The van der Waals surface area contributed by atoms with E-state index in [-0.39, 0.29) is 5.41 Å². The molecule has 2 aliphatic carbocycles. The molecular formula is C14H26N2O. The zero-order valence-corrected chi connectivity index (χ0v) is 11.2. The van der Waals surface area contributed by atoms with Gasteiger partial charge in [-0.2, -0.15) is 0 Å². The minimum Gasteiger partial charge on any atom is -0.342 e. The van der Waals surface area contributed by atoms with E-state index in [1.165, 1.54) is 25.7 Å². The molecule has 0 saturated heterocycles. The second kappa shape index (κ2) is 4.97. The molecule has 0 aromatic carbocycles. The minimum absolute atomic E-state index is 0.293. The number of carbonyl (C=O) groups excluding carboxylic acids is 1. The molecule has 0 spiro atoms. The molecule has 2 saturated carbocycles. The van der Waals surface area contributed by atoms with Crippen molar-refractivity contribution in [1.29, 1.82) is 0 Å². The first-order chi connectivity index (χ1) is 8.09. The lowest BCUT2D eigenvalue weighted by Crippen LogP contribution is -2.47. The van der Waals surface area contributed by atoms with Crippen LogP contribution in [-0.4, -0.2) is 30.4 Å². The van der Waals surface area contributed by atoms with Gasteiger partial charge >= 0.3 is 0 Å². The fraction of sp³-hybridized carbons (Fsp3) is 0.929. The van der Waals surface area contributed by atoms with E-state index in [0.717, 1.165) is 31.3 Å². The summed E-state index contributed by atoms with van der Waals surface area (Å²) in [7, 11) is 0. The highest BCUT2D eigenvalue weighted by Gasteiger charge is 2.38. The van der Waals surface area contributed by atoms with Gasteiger partial charge in [-0.3, -0.25) is 4.79 Å². The van der Waals surface area contributed by atoms with Crippen LogP contribution in [0, 0.1) is 17.3 Å². The molecule has 0 heterocycles. The number of rotatable bonds is 7. The molecule has 2 N–H and O–H groups in total. The molecule has 3 heteroatoms. The zero-order valence-electron chi connectivity index (χ0n) is 11.2. The lowest BCUT2D eigenvalue weighted by molar-refractivity contribution is -0.141. The molecule has 2 rings (SSSR count). The molecule has 1 unspecified atom stereocenters. The summed E-state index contributed by atoms with van der Waals surface area (Å²) in [6.07, 6.45) is 6.06. The van der Waals surface area contributed by atoms with Crippen molar-refractivity contribution in [2.45, 2.75) is 46.0 Å². The van der Waals surface area contributed by atoms with Gasteiger partial charge in [-0.1, -0.05) is 6.92 Å². The van der Waals surface area contributed by atoms with Crippen molar-refractivity contribution in [3.63, 3.8) is 0 Å². The maximum atomic E-state index is 12.6. The third-order valence-corrected chi connectivity index (χ3v) is 4.39. The van der Waals surface area contributed by atoms with Gasteiger partial charge in [-0.25, -0.2) is 0 Å². The summed E-state index contributed by atoms with van der Waals surface area (Å²) in [5.74, 6) is 1.84. The van der Waals surface area contributed by atoms with Crippen LogP contribution in [0.1, 0.15) is 46.0 Å². The third-order valence-electron chi connectivity index (χ3n) is 4.39. The summed E-state index contributed by atoms with van der Waals surface area (Å²) >= 11 is 0. The first-order valence-corrected chi connectivity index (χ1v) is 7.08. The Labute approximate surface area is 105 Å². The fourth-order valence-electron chi connectivity index (χ4n) is 2.23. The molecule has 0 radical (unpaired) electrons. The lowest BCUT2D eigenvalue weighted by Gasteiger charge is -2.33. The van der Waals surface area contributed by atoms with Crippen molar-refractivity contribution in [2.75, 3.05) is 19.6 Å². The standard InChI is InChI=1S/C14H26N2O/c1-3-14(2,10-15)13(17)16(8-11-4-5-11)9-12-6-7-12/h11-12H,3-10,15H2,1-2H3. The molecule has 0 bridgehead atoms. The van der Waals surface area contributed by atoms with Crippen LogP contribution in [0.25, 0.3) is 0 Å². The van der Waals surface area contributed by atoms with Gasteiger partial charge in [0.15, 0.2) is 0 Å². The molecule has 0 aromatic heterocycles. The SMILES string of the molecule is CCC(C)(CN)C(=O)N(CC1CC1)CC1CC1. The van der Waals surface area contributed by atoms with Crippen LogP contribution in [0.4, 0.5) is 0 Å². The Kier molecular flexibility index (Phi) is 3.76. The smallest absolute Gasteiger partial charge is 0.229 e. The van der Waals surface area contributed by atoms with Crippen LogP contribution >= 0.6 is 0 Å². The molecular weight excluding hydrogens is 212 g/mol. The molecule has 3 nitrogen and oxygen atoms in total. The number of carbonyl (C=O) groups is 1. The molecule has 0 aromatic rings. The summed E-state index contributed by atoms with van der Waals surface area (Å²) in [6.45, 7) is 6.50. The molecule has 1 atom stereocenters. The molecule has 17 heavy (non-hydrogen) atoms. The Morgan fingerprint density at radius 2 is 1.71 bits per heavy atom. The number of nitrogens with zero attached hydrogens (tertiary/aromatic N) is 1. The van der Waals surface area contributed by atoms with E-state index in [1.54, 1.807) is 0 Å². The van der Waals surface area contributed by atoms with Crippen LogP contribution < -0.4 is 5.73 Å². The first-order valence-electron chi connectivity index (χ1n) is 7.08. The average molecular weight is 238 g/mol. The normalized spacial score (nSPS) is 23.2. The van der Waals surface area contributed by atoms with Gasteiger partial charge in [0.1, 0.15) is 0 Å². The van der Waals surface area contributed by atoms with Crippen molar-refractivity contribution in [3.8, 4) is 0 Å². The average Bonchev–Trinajstić information content (AvgIpc) is 3.21. The summed E-state index contributed by atoms with van der Waals surface area (Å²) in [4.78, 5) is 14.7. The second-order valence-corrected chi connectivity index (χ2v) is 6.22. The number of hydrogen-bond donors (Lipinski definition) is 1. The Morgan fingerprint density at radius 1 is 1.24 bits per heavy atom. The van der Waals surface area contributed by atoms with Gasteiger partial charge in [-0.05, 0) is 50.9 Å². The maximum Gasteiger partial charge on any atom is 0.229 e. The third kappa shape index (κ3) is 3.21. The number of amides is 1. The largest absolute Gasteiger partial charge is 0.342 e. The van der Waals surface area contributed by atoms with Crippen LogP contribution in [0.15, 0.2) is 0 Å². The van der Waals surface area contributed by atoms with E-state index >= 15 is 0 Å². The van der Waals surface area contributed by atoms with E-state index < -0.39 is 0 Å². The molecule has 0 aliphatic heterocycles. The van der Waals surface area contributed by atoms with E-state index in [0.29, 0.717) is 12.5 Å². The van der Waals surface area contributed by atoms with E-state index in [2.05, 4.69) is 11.8 Å². The lowest BCUT2D eigenvalue weighted by atomic mass is 9.86. The molecule has 1 amide bonds. The van der Waals surface area contributed by atoms with Crippen LogP contribution in [0.3, 0.4) is 0 Å². The summed E-state index contributed by atoms with van der Waals surface area (Å²) in [6, 6.07) is 0. The van der Waals surface area contributed by atoms with Crippen LogP contribution in [-0.2, 0) is 4.79 Å². The Bertz CT molecular complexity index is 264. The fourth-order valence-corrected chi connectivity index (χ4v) is 2.23. The highest BCUT2D eigenvalue weighted by Crippen LogP contribution is 2.35. The number of nitrogens with two attached hydrogens (primary N) is 1. The van der Waals surface area contributed by atoms with Crippen LogP contribution in [0.5, 0.6) is 0 Å². The highest BCUT2D eigenvalue weighted by atomic mass is 16.2. The number of hydrogen-bond acceptors (Lipinski definition) is 2. The van der Waals surface area contributed by atoms with E-state index in [9.17, 15) is 4.79 Å². The van der Waals surface area contributed by atoms with Crippen molar-refractivity contribution >= 4 is 5.91 Å². The van der Waals surface area contributed by atoms with Crippen LogP contribution in [0.2, 0.25) is 0 Å². The Morgan fingerprint density at radius 3 is 2.00 bits per heavy atom. The van der Waals surface area contributed by atoms with Crippen molar-refractivity contribution in [2.24, 2.45) is 23.0 Å². The van der Waals surface area contributed by atoms with Gasteiger partial charge in [0.05, 0.1) is 5.41 Å².